The van der Waals surface area contributed by atoms with E-state index >= 15 is 0 Å². The van der Waals surface area contributed by atoms with E-state index in [4.69, 9.17) is 11.5 Å². The smallest absolute Gasteiger partial charge is 0.326 e. The SMILES string of the molecule is NC(N)=NCCCC(NC(=O)c1cccn(Cc2ccc3ccccc3c2)c1=O)C(=O)O. The summed E-state index contributed by atoms with van der Waals surface area (Å²) in [7, 11) is 0. The summed E-state index contributed by atoms with van der Waals surface area (Å²) < 4.78 is 1.42. The normalized spacial score (nSPS) is 11.6. The Labute approximate surface area is 184 Å². The van der Waals surface area contributed by atoms with Crippen LogP contribution in [-0.2, 0) is 11.3 Å². The third kappa shape index (κ3) is 5.72. The number of nitrogens with zero attached hydrogens (tertiary/aromatic N) is 2. The first-order valence-corrected chi connectivity index (χ1v) is 10.1. The molecule has 0 aliphatic rings. The van der Waals surface area contributed by atoms with Gasteiger partial charge in [-0.3, -0.25) is 14.6 Å². The van der Waals surface area contributed by atoms with Gasteiger partial charge in [-0.15, -0.1) is 0 Å². The number of carbonyl (C=O) groups is 2. The van der Waals surface area contributed by atoms with Crippen molar-refractivity contribution in [2.75, 3.05) is 6.54 Å². The third-order valence-corrected chi connectivity index (χ3v) is 4.98. The zero-order chi connectivity index (χ0) is 23.1. The molecule has 3 aromatic rings. The number of carboxylic acid groups (broad SMARTS) is 1. The monoisotopic (exact) mass is 435 g/mol. The number of nitrogens with one attached hydrogen (secondary N) is 1. The molecule has 0 radical (unpaired) electrons. The largest absolute Gasteiger partial charge is 0.480 e. The fraction of sp³-hybridized carbons (Fsp3) is 0.217. The van der Waals surface area contributed by atoms with Crippen LogP contribution in [-0.4, -0.2) is 40.1 Å². The molecule has 1 heterocycles. The van der Waals surface area contributed by atoms with Crippen LogP contribution in [0.4, 0.5) is 0 Å². The molecule has 0 saturated carbocycles. The van der Waals surface area contributed by atoms with Gasteiger partial charge in [0.05, 0.1) is 6.54 Å². The third-order valence-electron chi connectivity index (χ3n) is 4.98. The van der Waals surface area contributed by atoms with Crippen LogP contribution in [0, 0.1) is 0 Å². The first-order chi connectivity index (χ1) is 15.3. The maximum atomic E-state index is 12.9. The Bertz CT molecular complexity index is 1210. The zero-order valence-corrected chi connectivity index (χ0v) is 17.4. The number of carbonyl (C=O) groups excluding carboxylic acids is 1. The average Bonchev–Trinajstić information content (AvgIpc) is 2.76. The molecule has 9 heteroatoms. The Morgan fingerprint density at radius 2 is 1.81 bits per heavy atom. The molecule has 0 spiro atoms. The Morgan fingerprint density at radius 1 is 1.06 bits per heavy atom. The second-order valence-corrected chi connectivity index (χ2v) is 7.35. The highest BCUT2D eigenvalue weighted by atomic mass is 16.4. The fourth-order valence-corrected chi connectivity index (χ4v) is 3.36. The van der Waals surface area contributed by atoms with Crippen LogP contribution in [0.2, 0.25) is 0 Å². The van der Waals surface area contributed by atoms with Crippen molar-refractivity contribution in [3.8, 4) is 0 Å². The molecule has 1 atom stereocenters. The number of rotatable bonds is 9. The predicted molar refractivity (Wildman–Crippen MR) is 123 cm³/mol. The highest BCUT2D eigenvalue weighted by Gasteiger charge is 2.22. The Hall–Kier alpha value is -4.14. The first kappa shape index (κ1) is 22.5. The summed E-state index contributed by atoms with van der Waals surface area (Å²) in [5.41, 5.74) is 10.8. The molecular formula is C23H25N5O4. The number of hydrogen-bond donors (Lipinski definition) is 4. The molecule has 0 saturated heterocycles. The number of pyridine rings is 1. The number of aliphatic imine (C=N–C) groups is 1. The molecule has 1 unspecified atom stereocenters. The molecule has 166 valence electrons. The summed E-state index contributed by atoms with van der Waals surface area (Å²) in [5, 5.41) is 14.0. The number of aromatic nitrogens is 1. The molecule has 3 rings (SSSR count). The highest BCUT2D eigenvalue weighted by molar-refractivity contribution is 5.96. The van der Waals surface area contributed by atoms with Crippen molar-refractivity contribution in [3.05, 3.63) is 82.3 Å². The summed E-state index contributed by atoms with van der Waals surface area (Å²) in [6, 6.07) is 15.6. The second-order valence-electron chi connectivity index (χ2n) is 7.35. The zero-order valence-electron chi connectivity index (χ0n) is 17.4. The molecule has 0 aliphatic carbocycles. The van der Waals surface area contributed by atoms with Crippen molar-refractivity contribution < 1.29 is 14.7 Å². The molecular weight excluding hydrogens is 410 g/mol. The molecule has 2 aromatic carbocycles. The van der Waals surface area contributed by atoms with Crippen LogP contribution in [0.3, 0.4) is 0 Å². The van der Waals surface area contributed by atoms with E-state index in [1.54, 1.807) is 12.3 Å². The predicted octanol–water partition coefficient (Wildman–Crippen LogP) is 1.29. The highest BCUT2D eigenvalue weighted by Crippen LogP contribution is 2.16. The number of carboxylic acids is 1. The van der Waals surface area contributed by atoms with Crippen LogP contribution in [0.15, 0.2) is 70.6 Å². The van der Waals surface area contributed by atoms with Crippen LogP contribution >= 0.6 is 0 Å². The van der Waals surface area contributed by atoms with Gasteiger partial charge in [-0.25, -0.2) is 4.79 Å². The van der Waals surface area contributed by atoms with Gasteiger partial charge in [0.2, 0.25) is 0 Å². The minimum Gasteiger partial charge on any atom is -0.480 e. The lowest BCUT2D eigenvalue weighted by Crippen LogP contribution is -2.43. The van der Waals surface area contributed by atoms with Crippen molar-refractivity contribution in [2.24, 2.45) is 16.5 Å². The second kappa shape index (κ2) is 10.3. The lowest BCUT2D eigenvalue weighted by atomic mass is 10.1. The first-order valence-electron chi connectivity index (χ1n) is 10.1. The maximum absolute atomic E-state index is 12.9. The van der Waals surface area contributed by atoms with Crippen molar-refractivity contribution >= 4 is 28.6 Å². The summed E-state index contributed by atoms with van der Waals surface area (Å²) in [5.74, 6) is -2.02. The summed E-state index contributed by atoms with van der Waals surface area (Å²) in [4.78, 5) is 40.8. The molecule has 1 amide bonds. The van der Waals surface area contributed by atoms with Gasteiger partial charge in [0.25, 0.3) is 11.5 Å². The standard InChI is InChI=1S/C23H25N5O4/c24-23(25)26-11-3-8-19(22(31)32)27-20(29)18-7-4-12-28(21(18)30)14-15-9-10-16-5-1-2-6-17(16)13-15/h1-2,4-7,9-10,12-13,19H,3,8,11,14H2,(H,27,29)(H,31,32)(H4,24,25,26). The maximum Gasteiger partial charge on any atom is 0.326 e. The Balaban J connectivity index is 1.74. The van der Waals surface area contributed by atoms with E-state index in [1.165, 1.54) is 10.6 Å². The number of amides is 1. The summed E-state index contributed by atoms with van der Waals surface area (Å²) >= 11 is 0. The Kier molecular flexibility index (Phi) is 7.22. The van der Waals surface area contributed by atoms with Gasteiger partial charge >= 0.3 is 5.97 Å². The topological polar surface area (TPSA) is 153 Å². The van der Waals surface area contributed by atoms with Gasteiger partial charge in [0, 0.05) is 12.7 Å². The van der Waals surface area contributed by atoms with Crippen LogP contribution in [0.5, 0.6) is 0 Å². The number of aliphatic carboxylic acids is 1. The lowest BCUT2D eigenvalue weighted by molar-refractivity contribution is -0.139. The minimum absolute atomic E-state index is 0.0860. The van der Waals surface area contributed by atoms with Gasteiger partial charge in [-0.05, 0) is 47.4 Å². The minimum atomic E-state index is -1.20. The van der Waals surface area contributed by atoms with E-state index in [1.807, 2.05) is 42.5 Å². The van der Waals surface area contributed by atoms with E-state index in [9.17, 15) is 19.5 Å². The number of benzene rings is 2. The van der Waals surface area contributed by atoms with Gasteiger partial charge in [-0.2, -0.15) is 0 Å². The molecule has 9 nitrogen and oxygen atoms in total. The van der Waals surface area contributed by atoms with E-state index < -0.39 is 23.5 Å². The summed E-state index contributed by atoms with van der Waals surface area (Å²) in [6.45, 7) is 0.525. The van der Waals surface area contributed by atoms with E-state index in [-0.39, 0.29) is 31.0 Å². The molecule has 0 aliphatic heterocycles. The fourth-order valence-electron chi connectivity index (χ4n) is 3.36. The number of hydrogen-bond acceptors (Lipinski definition) is 4. The molecule has 0 bridgehead atoms. The van der Waals surface area contributed by atoms with Crippen LogP contribution < -0.4 is 22.3 Å². The van der Waals surface area contributed by atoms with Crippen molar-refractivity contribution in [3.63, 3.8) is 0 Å². The van der Waals surface area contributed by atoms with Crippen LogP contribution in [0.25, 0.3) is 10.8 Å². The average molecular weight is 435 g/mol. The Morgan fingerprint density at radius 3 is 2.53 bits per heavy atom. The number of fused-ring (bicyclic) bond motifs is 1. The quantitative estimate of drug-likeness (QED) is 0.226. The van der Waals surface area contributed by atoms with E-state index in [2.05, 4.69) is 10.3 Å². The summed E-state index contributed by atoms with van der Waals surface area (Å²) in [6.07, 6.45) is 2.07. The number of nitrogens with two attached hydrogens (primary N) is 2. The van der Waals surface area contributed by atoms with E-state index in [0.29, 0.717) is 6.42 Å². The number of guanidine groups is 1. The van der Waals surface area contributed by atoms with Gasteiger partial charge in [-0.1, -0.05) is 36.4 Å². The lowest BCUT2D eigenvalue weighted by Gasteiger charge is -2.14. The molecule has 6 N–H and O–H groups in total. The molecule has 1 aromatic heterocycles. The molecule has 0 fully saturated rings. The molecule has 32 heavy (non-hydrogen) atoms. The van der Waals surface area contributed by atoms with Gasteiger partial charge in [0.1, 0.15) is 11.6 Å². The van der Waals surface area contributed by atoms with Gasteiger partial charge < -0.3 is 26.5 Å². The van der Waals surface area contributed by atoms with Crippen molar-refractivity contribution in [1.29, 1.82) is 0 Å². The van der Waals surface area contributed by atoms with Crippen molar-refractivity contribution in [1.82, 2.24) is 9.88 Å². The van der Waals surface area contributed by atoms with Crippen LogP contribution in [0.1, 0.15) is 28.8 Å². The van der Waals surface area contributed by atoms with Crippen molar-refractivity contribution in [2.45, 2.75) is 25.4 Å². The van der Waals surface area contributed by atoms with Gasteiger partial charge in [0.15, 0.2) is 5.96 Å². The van der Waals surface area contributed by atoms with E-state index in [0.717, 1.165) is 16.3 Å².